The lowest BCUT2D eigenvalue weighted by Crippen LogP contribution is -2.63. The van der Waals surface area contributed by atoms with Gasteiger partial charge in [-0.15, -0.1) is 27.3 Å². The zero-order chi connectivity index (χ0) is 31.2. The van der Waals surface area contributed by atoms with E-state index < -0.39 is 22.9 Å². The average molecular weight is 557 g/mol. The van der Waals surface area contributed by atoms with E-state index in [1.54, 1.807) is 25.7 Å². The van der Waals surface area contributed by atoms with Gasteiger partial charge < -0.3 is 19.7 Å². The molecule has 1 N–H and O–H groups in total. The summed E-state index contributed by atoms with van der Waals surface area (Å²) in [6.45, 7) is 7.50. The molecule has 0 aromatic heterocycles. The summed E-state index contributed by atoms with van der Waals surface area (Å²) >= 11 is 6.50. The molecular weight excluding hydrogens is 529 g/mol. The maximum absolute atomic E-state index is 13.4. The van der Waals surface area contributed by atoms with Crippen molar-refractivity contribution in [2.75, 3.05) is 25.6 Å². The number of halogens is 1. The monoisotopic (exact) mass is 557 g/mol. The number of likely N-dealkylation sites (tertiary alicyclic amines) is 1. The van der Waals surface area contributed by atoms with Crippen LogP contribution in [0.1, 0.15) is 50.0 Å². The van der Waals surface area contributed by atoms with Crippen molar-refractivity contribution in [2.45, 2.75) is 57.1 Å². The van der Waals surface area contributed by atoms with E-state index in [0.29, 0.717) is 18.7 Å². The van der Waals surface area contributed by atoms with E-state index in [-0.39, 0.29) is 61.3 Å². The number of hydrogen-bond donors (Lipinski definition) is 1. The third-order valence-electron chi connectivity index (χ3n) is 7.19. The van der Waals surface area contributed by atoms with Crippen LogP contribution in [0.5, 0.6) is 5.75 Å². The Morgan fingerprint density at radius 1 is 1.02 bits per heavy atom. The predicted octanol–water partition coefficient (Wildman–Crippen LogP) is -1.97. The van der Waals surface area contributed by atoms with Crippen molar-refractivity contribution < 1.29 is 19.1 Å². The Hall–Kier alpha value is -2.32. The van der Waals surface area contributed by atoms with Crippen LogP contribution < -0.4 is 42.3 Å². The first-order valence-corrected chi connectivity index (χ1v) is 13.2. The van der Waals surface area contributed by atoms with Crippen LogP contribution in [-0.4, -0.2) is 110 Å². The van der Waals surface area contributed by atoms with Crippen molar-refractivity contribution in [2.24, 2.45) is 0 Å². The minimum atomic E-state index is -1.68. The van der Waals surface area contributed by atoms with Crippen molar-refractivity contribution in [3.8, 4) is 5.75 Å². The van der Waals surface area contributed by atoms with Crippen LogP contribution in [-0.2, 0) is 10.1 Å². The number of ether oxygens (including phenoxy) is 2. The highest BCUT2D eigenvalue weighted by atomic mass is 35.5. The third kappa shape index (κ3) is 6.54. The molecule has 1 fully saturated rings. The Labute approximate surface area is 257 Å². The topological polar surface area (TPSA) is 71.1 Å². The fourth-order valence-corrected chi connectivity index (χ4v) is 5.19. The lowest BCUT2D eigenvalue weighted by atomic mass is 9.48. The molecule has 0 unspecified atom stereocenters. The molecule has 0 saturated carbocycles. The van der Waals surface area contributed by atoms with Gasteiger partial charge in [-0.1, -0.05) is 17.2 Å². The second-order valence-electron chi connectivity index (χ2n) is 11.1. The van der Waals surface area contributed by atoms with E-state index in [9.17, 15) is 9.59 Å². The van der Waals surface area contributed by atoms with Gasteiger partial charge in [0.2, 0.25) is 0 Å². The van der Waals surface area contributed by atoms with E-state index in [4.69, 9.17) is 76.0 Å². The lowest BCUT2D eigenvalue weighted by molar-refractivity contribution is 0.0589. The van der Waals surface area contributed by atoms with Crippen LogP contribution in [0, 0.1) is 0 Å². The van der Waals surface area contributed by atoms with Gasteiger partial charge in [0.05, 0.1) is 39.1 Å². The highest BCUT2D eigenvalue weighted by molar-refractivity contribution is 6.68. The number of rotatable bonds is 6. The van der Waals surface area contributed by atoms with E-state index >= 15 is 0 Å². The Bertz CT molecular complexity index is 1340. The Balaban J connectivity index is 1.85. The summed E-state index contributed by atoms with van der Waals surface area (Å²) in [6, 6.07) is 2.18. The maximum Gasteiger partial charge on any atom is 0.414 e. The van der Waals surface area contributed by atoms with Gasteiger partial charge in [-0.25, -0.2) is 4.79 Å². The largest absolute Gasteiger partial charge is 0.496 e. The van der Waals surface area contributed by atoms with Gasteiger partial charge in [0.25, 0.3) is 5.91 Å². The van der Waals surface area contributed by atoms with Crippen molar-refractivity contribution in [3.63, 3.8) is 0 Å². The number of hydrogen-bond acceptors (Lipinski definition) is 5. The minimum absolute atomic E-state index is 0.0356. The van der Waals surface area contributed by atoms with Gasteiger partial charge in [-0.05, 0) is 52.1 Å². The molecule has 2 amide bonds. The third-order valence-corrected chi connectivity index (χ3v) is 7.49. The quantitative estimate of drug-likeness (QED) is 0.419. The molecule has 1 aliphatic rings. The first-order chi connectivity index (χ1) is 18.8. The molecule has 1 saturated heterocycles. The van der Waals surface area contributed by atoms with Crippen LogP contribution in [0.15, 0.2) is 12.1 Å². The van der Waals surface area contributed by atoms with Crippen LogP contribution >= 0.6 is 11.6 Å². The Morgan fingerprint density at radius 3 is 2.07 bits per heavy atom. The maximum atomic E-state index is 13.4. The zero-order valence-electron chi connectivity index (χ0n) is 24.2. The normalized spacial score (nSPS) is 17.7. The van der Waals surface area contributed by atoms with Crippen LogP contribution in [0.2, 0.25) is 5.02 Å². The number of carbonyl (C=O) groups excluding carboxylic acids is 2. The fraction of sp³-hybridized carbons (Fsp3) is 0.462. The molecule has 3 rings (SSSR count). The minimum Gasteiger partial charge on any atom is -0.496 e. The number of methoxy groups -OCH3 is 1. The summed E-state index contributed by atoms with van der Waals surface area (Å²) in [5.41, 5.74) is 0.120. The van der Waals surface area contributed by atoms with Gasteiger partial charge in [-0.3, -0.25) is 9.69 Å². The number of nitrogens with zero attached hydrogens (tertiary/aromatic N) is 2. The molecule has 15 heteroatoms. The fourth-order valence-electron chi connectivity index (χ4n) is 4.90. The van der Waals surface area contributed by atoms with Crippen LogP contribution in [0.3, 0.4) is 0 Å². The first kappa shape index (κ1) is 33.2. The summed E-state index contributed by atoms with van der Waals surface area (Å²) in [7, 11) is 46.5. The highest BCUT2D eigenvalue weighted by Crippen LogP contribution is 2.35. The molecule has 7 nitrogen and oxygen atoms in total. The molecule has 198 valence electrons. The summed E-state index contributed by atoms with van der Waals surface area (Å²) in [4.78, 5) is 29.0. The van der Waals surface area contributed by atoms with Gasteiger partial charge in [0.1, 0.15) is 50.6 Å². The lowest BCUT2D eigenvalue weighted by Gasteiger charge is -2.44. The molecule has 14 radical (unpaired) electrons. The molecule has 0 bridgehead atoms. The second-order valence-corrected chi connectivity index (χ2v) is 11.5. The molecule has 0 spiro atoms. The van der Waals surface area contributed by atoms with E-state index in [1.807, 2.05) is 6.92 Å². The molecule has 0 aliphatic carbocycles. The van der Waals surface area contributed by atoms with E-state index in [0.717, 1.165) is 0 Å². The predicted molar refractivity (Wildman–Crippen MR) is 171 cm³/mol. The Kier molecular flexibility index (Phi) is 9.81. The smallest absolute Gasteiger partial charge is 0.414 e. The number of benzene rings is 2. The van der Waals surface area contributed by atoms with Crippen LogP contribution in [0.4, 0.5) is 10.5 Å². The highest BCUT2D eigenvalue weighted by Gasteiger charge is 2.41. The number of nitrogens with one attached hydrogen (secondary N) is 1. The molecule has 1 aliphatic heterocycles. The summed E-state index contributed by atoms with van der Waals surface area (Å²) in [5.74, 6) is -0.242. The molecular formula is C26H27B7ClN3O4. The molecule has 2 atom stereocenters. The molecule has 1 heterocycles. The van der Waals surface area contributed by atoms with Gasteiger partial charge in [-0.2, -0.15) is 0 Å². The van der Waals surface area contributed by atoms with E-state index in [1.165, 1.54) is 31.2 Å². The number of amides is 2. The average Bonchev–Trinajstić information content (AvgIpc) is 3.25. The summed E-state index contributed by atoms with van der Waals surface area (Å²) < 4.78 is 10.9. The Morgan fingerprint density at radius 2 is 1.56 bits per heavy atom. The molecule has 41 heavy (non-hydrogen) atoms. The standard InChI is InChI=1S/C26H27B7ClN3O4/c1-11-14(7-8-37(11)26(32,33)17-18(27)20(29)22(31)21(30)19(17)28)35-23(38)12-9-13(34)15(10-16(12)40-6)36(5)24(39)41-25(2,3)4/h9-11,14H,7-8H2,1-6H3,(H,35,38)/t11-,14-/m1/s1. The SMILES string of the molecule is [B]c1c([B])c([B])c(C([B])([B])N2CC[C@@H](NC(=O)c3cc(Cl)c(N(C)C(=O)OC(C)(C)C)cc3OC)[C@H]2C)c([B])c1[B]. The van der Waals surface area contributed by atoms with Crippen molar-refractivity contribution >= 4 is 112 Å². The molecule has 2 aromatic carbocycles. The second kappa shape index (κ2) is 12.1. The van der Waals surface area contributed by atoms with Crippen molar-refractivity contribution in [1.82, 2.24) is 10.2 Å². The first-order valence-electron chi connectivity index (χ1n) is 12.8. The number of anilines is 1. The van der Waals surface area contributed by atoms with Crippen molar-refractivity contribution in [3.05, 3.63) is 28.3 Å². The van der Waals surface area contributed by atoms with Gasteiger partial charge in [0.15, 0.2) is 0 Å². The summed E-state index contributed by atoms with van der Waals surface area (Å²) in [5, 5.41) is 1.46. The van der Waals surface area contributed by atoms with Crippen molar-refractivity contribution in [1.29, 1.82) is 0 Å². The van der Waals surface area contributed by atoms with Gasteiger partial charge in [0, 0.05) is 25.2 Å². The number of carbonyl (C=O) groups is 2. The molecule has 2 aromatic rings. The summed E-state index contributed by atoms with van der Waals surface area (Å²) in [6.07, 6.45) is -0.116. The van der Waals surface area contributed by atoms with Crippen LogP contribution in [0.25, 0.3) is 0 Å². The zero-order valence-corrected chi connectivity index (χ0v) is 24.9. The van der Waals surface area contributed by atoms with Gasteiger partial charge >= 0.3 is 6.09 Å². The van der Waals surface area contributed by atoms with E-state index in [2.05, 4.69) is 5.32 Å².